The third kappa shape index (κ3) is 4.93. The number of carbonyl (C=O) groups is 1. The number of aryl methyl sites for hydroxylation is 1. The van der Waals surface area contributed by atoms with E-state index >= 15 is 0 Å². The molecule has 0 aliphatic heterocycles. The molecule has 0 spiro atoms. The second-order valence-electron chi connectivity index (χ2n) is 6.67. The summed E-state index contributed by atoms with van der Waals surface area (Å²) in [6.07, 6.45) is 0.977. The number of nitrogens with zero attached hydrogens (tertiary/aromatic N) is 3. The summed E-state index contributed by atoms with van der Waals surface area (Å²) in [5, 5.41) is 16.7. The zero-order chi connectivity index (χ0) is 22.4. The number of rotatable bonds is 8. The lowest BCUT2D eigenvalue weighted by Gasteiger charge is -2.09. The summed E-state index contributed by atoms with van der Waals surface area (Å²) in [5.74, 6) is 0.584. The van der Waals surface area contributed by atoms with E-state index in [4.69, 9.17) is 15.2 Å². The molecule has 9 heteroatoms. The normalized spacial score (nSPS) is 10.4. The predicted octanol–water partition coefficient (Wildman–Crippen LogP) is 2.85. The van der Waals surface area contributed by atoms with E-state index in [9.17, 15) is 14.4 Å². The number of ether oxygens (including phenoxy) is 2. The van der Waals surface area contributed by atoms with Crippen LogP contribution in [0.1, 0.15) is 28.0 Å². The number of halogens is 1. The van der Waals surface area contributed by atoms with Crippen molar-refractivity contribution < 1.29 is 18.7 Å². The molecule has 0 bridgehead atoms. The van der Waals surface area contributed by atoms with Gasteiger partial charge >= 0.3 is 0 Å². The van der Waals surface area contributed by atoms with Crippen LogP contribution in [0.3, 0.4) is 0 Å². The average molecular weight is 423 g/mol. The molecule has 2 aromatic carbocycles. The first-order valence-electron chi connectivity index (χ1n) is 9.51. The van der Waals surface area contributed by atoms with Gasteiger partial charge in [0.25, 0.3) is 5.91 Å². The summed E-state index contributed by atoms with van der Waals surface area (Å²) < 4.78 is 24.9. The molecular weight excluding hydrogens is 401 g/mol. The Kier molecular flexibility index (Phi) is 6.72. The number of anilines is 1. The highest BCUT2D eigenvalue weighted by molar-refractivity contribution is 5.95. The summed E-state index contributed by atoms with van der Waals surface area (Å²) in [6, 6.07) is 12.7. The monoisotopic (exact) mass is 423 g/mol. The second-order valence-corrected chi connectivity index (χ2v) is 6.67. The van der Waals surface area contributed by atoms with Crippen molar-refractivity contribution in [1.29, 1.82) is 5.26 Å². The Bertz CT molecular complexity index is 1100. The van der Waals surface area contributed by atoms with E-state index in [1.54, 1.807) is 18.2 Å². The summed E-state index contributed by atoms with van der Waals surface area (Å²) in [4.78, 5) is 12.4. The lowest BCUT2D eigenvalue weighted by molar-refractivity contribution is 0.0952. The number of aromatic nitrogens is 2. The lowest BCUT2D eigenvalue weighted by Crippen LogP contribution is -2.25. The average Bonchev–Trinajstić information content (AvgIpc) is 3.11. The van der Waals surface area contributed by atoms with Crippen molar-refractivity contribution in [3.8, 4) is 23.3 Å². The Hall–Kier alpha value is -4.06. The molecular formula is C22H22FN5O3. The van der Waals surface area contributed by atoms with Crippen molar-refractivity contribution in [2.24, 2.45) is 0 Å². The molecule has 0 radical (unpaired) electrons. The number of methoxy groups -OCH3 is 2. The number of amides is 1. The number of hydrogen-bond acceptors (Lipinski definition) is 6. The van der Waals surface area contributed by atoms with Crippen LogP contribution in [0.2, 0.25) is 0 Å². The summed E-state index contributed by atoms with van der Waals surface area (Å²) in [6.45, 7) is 0.368. The lowest BCUT2D eigenvalue weighted by atomic mass is 10.1. The SMILES string of the molecule is COc1cc(OC)cc(C(=O)NCCCc2nn(-c3ccc(F)cc3)c(N)c2C#N)c1. The molecule has 0 aliphatic rings. The predicted molar refractivity (Wildman–Crippen MR) is 113 cm³/mol. The van der Waals surface area contributed by atoms with Gasteiger partial charge in [0, 0.05) is 18.2 Å². The van der Waals surface area contributed by atoms with Crippen molar-refractivity contribution in [3.63, 3.8) is 0 Å². The van der Waals surface area contributed by atoms with Crippen LogP contribution in [0.4, 0.5) is 10.2 Å². The number of hydrogen-bond donors (Lipinski definition) is 2. The fourth-order valence-corrected chi connectivity index (χ4v) is 3.05. The van der Waals surface area contributed by atoms with Crippen LogP contribution in [-0.2, 0) is 6.42 Å². The van der Waals surface area contributed by atoms with Crippen LogP contribution < -0.4 is 20.5 Å². The molecule has 0 atom stereocenters. The van der Waals surface area contributed by atoms with Crippen molar-refractivity contribution in [2.45, 2.75) is 12.8 Å². The highest BCUT2D eigenvalue weighted by Crippen LogP contribution is 2.23. The van der Waals surface area contributed by atoms with Gasteiger partial charge in [-0.2, -0.15) is 10.4 Å². The van der Waals surface area contributed by atoms with Crippen molar-refractivity contribution in [2.75, 3.05) is 26.5 Å². The van der Waals surface area contributed by atoms with Crippen molar-refractivity contribution in [3.05, 3.63) is 65.1 Å². The zero-order valence-electron chi connectivity index (χ0n) is 17.2. The van der Waals surface area contributed by atoms with E-state index in [1.807, 2.05) is 0 Å². The number of benzene rings is 2. The van der Waals surface area contributed by atoms with E-state index in [0.29, 0.717) is 47.8 Å². The second kappa shape index (κ2) is 9.63. The van der Waals surface area contributed by atoms with Gasteiger partial charge < -0.3 is 20.5 Å². The first kappa shape index (κ1) is 21.6. The Balaban J connectivity index is 1.64. The molecule has 31 heavy (non-hydrogen) atoms. The standard InChI is InChI=1S/C22H22FN5O3/c1-30-17-10-14(11-18(12-17)31-2)22(29)26-9-3-4-20-19(13-24)21(25)28(27-20)16-7-5-15(23)6-8-16/h5-8,10-12H,3-4,9,25H2,1-2H3,(H,26,29). The van der Waals surface area contributed by atoms with E-state index in [1.165, 1.54) is 43.2 Å². The third-order valence-corrected chi connectivity index (χ3v) is 4.67. The summed E-state index contributed by atoms with van der Waals surface area (Å²) in [7, 11) is 3.03. The molecule has 3 N–H and O–H groups in total. The number of carbonyl (C=O) groups excluding carboxylic acids is 1. The van der Waals surface area contributed by atoms with E-state index in [0.717, 1.165) is 0 Å². The van der Waals surface area contributed by atoms with E-state index < -0.39 is 0 Å². The minimum Gasteiger partial charge on any atom is -0.497 e. The van der Waals surface area contributed by atoms with Crippen LogP contribution in [0.5, 0.6) is 11.5 Å². The number of nitrogen functional groups attached to an aromatic ring is 1. The highest BCUT2D eigenvalue weighted by Gasteiger charge is 2.17. The van der Waals surface area contributed by atoms with Gasteiger partial charge in [0.05, 0.1) is 25.6 Å². The van der Waals surface area contributed by atoms with E-state index in [-0.39, 0.29) is 23.1 Å². The maximum absolute atomic E-state index is 13.2. The fraction of sp³-hybridized carbons (Fsp3) is 0.227. The maximum Gasteiger partial charge on any atom is 0.251 e. The first-order chi connectivity index (χ1) is 15.0. The van der Waals surface area contributed by atoms with Gasteiger partial charge in [0.2, 0.25) is 0 Å². The van der Waals surface area contributed by atoms with Crippen molar-refractivity contribution >= 4 is 11.7 Å². The van der Waals surface area contributed by atoms with Crippen LogP contribution in [-0.4, -0.2) is 36.5 Å². The third-order valence-electron chi connectivity index (χ3n) is 4.67. The molecule has 0 fully saturated rings. The Morgan fingerprint density at radius 1 is 1.19 bits per heavy atom. The molecule has 1 aromatic heterocycles. The zero-order valence-corrected chi connectivity index (χ0v) is 17.2. The van der Waals surface area contributed by atoms with Gasteiger partial charge in [-0.05, 0) is 49.2 Å². The topological polar surface area (TPSA) is 115 Å². The fourth-order valence-electron chi connectivity index (χ4n) is 3.05. The summed E-state index contributed by atoms with van der Waals surface area (Å²) >= 11 is 0. The Morgan fingerprint density at radius 2 is 1.84 bits per heavy atom. The molecule has 0 unspecified atom stereocenters. The molecule has 3 rings (SSSR count). The quantitative estimate of drug-likeness (QED) is 0.539. The van der Waals surface area contributed by atoms with Gasteiger partial charge in [0.15, 0.2) is 0 Å². The highest BCUT2D eigenvalue weighted by atomic mass is 19.1. The first-order valence-corrected chi connectivity index (χ1v) is 9.51. The van der Waals surface area contributed by atoms with Gasteiger partial charge in [0.1, 0.15) is 34.8 Å². The number of nitrogens with one attached hydrogen (secondary N) is 1. The molecule has 0 saturated heterocycles. The smallest absolute Gasteiger partial charge is 0.251 e. The minimum atomic E-state index is -0.375. The van der Waals surface area contributed by atoms with Gasteiger partial charge in [-0.25, -0.2) is 9.07 Å². The van der Waals surface area contributed by atoms with Gasteiger partial charge in [-0.1, -0.05) is 0 Å². The molecule has 8 nitrogen and oxygen atoms in total. The van der Waals surface area contributed by atoms with Gasteiger partial charge in [-0.15, -0.1) is 0 Å². The molecule has 0 aliphatic carbocycles. The van der Waals surface area contributed by atoms with E-state index in [2.05, 4.69) is 16.5 Å². The van der Waals surface area contributed by atoms with Gasteiger partial charge in [-0.3, -0.25) is 4.79 Å². The number of nitriles is 1. The molecule has 3 aromatic rings. The largest absolute Gasteiger partial charge is 0.497 e. The van der Waals surface area contributed by atoms with Crippen LogP contribution >= 0.6 is 0 Å². The molecule has 1 heterocycles. The molecule has 0 saturated carbocycles. The number of nitrogens with two attached hydrogens (primary N) is 1. The molecule has 1 amide bonds. The summed E-state index contributed by atoms with van der Waals surface area (Å²) in [5.41, 5.74) is 7.82. The van der Waals surface area contributed by atoms with Crippen LogP contribution in [0.25, 0.3) is 5.69 Å². The Morgan fingerprint density at radius 3 is 2.42 bits per heavy atom. The van der Waals surface area contributed by atoms with Crippen molar-refractivity contribution in [1.82, 2.24) is 15.1 Å². The Labute approximate surface area is 179 Å². The minimum absolute atomic E-state index is 0.191. The van der Waals surface area contributed by atoms with Crippen LogP contribution in [0, 0.1) is 17.1 Å². The molecule has 160 valence electrons. The maximum atomic E-state index is 13.2. The van der Waals surface area contributed by atoms with Crippen LogP contribution in [0.15, 0.2) is 42.5 Å².